The van der Waals surface area contributed by atoms with Crippen molar-refractivity contribution in [2.45, 2.75) is 39.2 Å². The number of aryl methyl sites for hydroxylation is 2. The first kappa shape index (κ1) is 16.9. The van der Waals surface area contributed by atoms with Gasteiger partial charge in [-0.25, -0.2) is 0 Å². The molecule has 1 N–H and O–H groups in total. The van der Waals surface area contributed by atoms with Crippen LogP contribution in [0.2, 0.25) is 0 Å². The average molecular weight is 291 g/mol. The third-order valence-electron chi connectivity index (χ3n) is 3.57. The number of nitrogens with one attached hydrogen (secondary N) is 1. The Morgan fingerprint density at radius 1 is 1.43 bits per heavy atom. The Hall–Kier alpha value is -2.13. The topological polar surface area (TPSA) is 88.2 Å². The summed E-state index contributed by atoms with van der Waals surface area (Å²) in [5.74, 6) is 0.524. The molecular weight excluding hydrogens is 270 g/mol. The molecule has 0 saturated carbocycles. The second-order valence-corrected chi connectivity index (χ2v) is 5.31. The van der Waals surface area contributed by atoms with Gasteiger partial charge in [-0.1, -0.05) is 0 Å². The zero-order chi connectivity index (χ0) is 16.0. The van der Waals surface area contributed by atoms with Crippen LogP contribution in [0.25, 0.3) is 0 Å². The Morgan fingerprint density at radius 3 is 2.62 bits per heavy atom. The van der Waals surface area contributed by atoms with Gasteiger partial charge < -0.3 is 10.1 Å². The molecule has 6 nitrogen and oxygen atoms in total. The average Bonchev–Trinajstić information content (AvgIpc) is 2.44. The molecule has 0 saturated heterocycles. The van der Waals surface area contributed by atoms with Crippen LogP contribution in [0, 0.1) is 35.3 Å². The van der Waals surface area contributed by atoms with Gasteiger partial charge in [-0.2, -0.15) is 5.26 Å². The fourth-order valence-electron chi connectivity index (χ4n) is 2.02. The molecule has 0 radical (unpaired) electrons. The fourth-order valence-corrected chi connectivity index (χ4v) is 2.02. The molecule has 21 heavy (non-hydrogen) atoms. The number of nitro benzene ring substituents is 1. The predicted octanol–water partition coefficient (Wildman–Crippen LogP) is 2.87. The lowest BCUT2D eigenvalue weighted by Gasteiger charge is -2.20. The van der Waals surface area contributed by atoms with Gasteiger partial charge in [0.25, 0.3) is 5.69 Å². The lowest BCUT2D eigenvalue weighted by molar-refractivity contribution is -0.385. The van der Waals surface area contributed by atoms with E-state index in [0.717, 1.165) is 5.56 Å². The summed E-state index contributed by atoms with van der Waals surface area (Å²) in [6.45, 7) is 5.81. The van der Waals surface area contributed by atoms with E-state index in [4.69, 9.17) is 10.00 Å². The number of rotatable bonds is 7. The molecule has 0 aliphatic carbocycles. The molecule has 1 unspecified atom stereocenters. The summed E-state index contributed by atoms with van der Waals surface area (Å²) >= 11 is 0. The summed E-state index contributed by atoms with van der Waals surface area (Å²) < 4.78 is 5.63. The maximum absolute atomic E-state index is 10.9. The van der Waals surface area contributed by atoms with Gasteiger partial charge >= 0.3 is 0 Å². The van der Waals surface area contributed by atoms with Crippen LogP contribution in [0.4, 0.5) is 5.69 Å². The predicted molar refractivity (Wildman–Crippen MR) is 80.4 cm³/mol. The number of nitro groups is 1. The Balaban J connectivity index is 2.67. The van der Waals surface area contributed by atoms with Crippen LogP contribution in [0.5, 0.6) is 5.75 Å². The second-order valence-electron chi connectivity index (χ2n) is 5.31. The molecule has 0 aliphatic rings. The van der Waals surface area contributed by atoms with Gasteiger partial charge in [0.05, 0.1) is 23.7 Å². The normalized spacial score (nSPS) is 13.3. The molecule has 1 rings (SSSR count). The highest BCUT2D eigenvalue weighted by atomic mass is 16.6. The number of nitrogens with zero attached hydrogens (tertiary/aromatic N) is 2. The van der Waals surface area contributed by atoms with E-state index in [1.54, 1.807) is 20.0 Å². The first-order valence-electron chi connectivity index (χ1n) is 6.81. The van der Waals surface area contributed by atoms with Crippen molar-refractivity contribution in [3.63, 3.8) is 0 Å². The van der Waals surface area contributed by atoms with Crippen molar-refractivity contribution >= 4 is 5.69 Å². The highest BCUT2D eigenvalue weighted by Gasteiger charge is 2.20. The van der Waals surface area contributed by atoms with Crippen LogP contribution < -0.4 is 10.1 Å². The van der Waals surface area contributed by atoms with E-state index >= 15 is 0 Å². The Labute approximate surface area is 124 Å². The summed E-state index contributed by atoms with van der Waals surface area (Å²) in [7, 11) is 1.75. The minimum Gasteiger partial charge on any atom is -0.493 e. The summed E-state index contributed by atoms with van der Waals surface area (Å²) in [5, 5.41) is 22.9. The summed E-state index contributed by atoms with van der Waals surface area (Å²) in [6, 6.07) is 5.43. The molecule has 0 aliphatic heterocycles. The highest BCUT2D eigenvalue weighted by molar-refractivity contribution is 5.49. The van der Waals surface area contributed by atoms with Crippen molar-refractivity contribution in [3.8, 4) is 11.8 Å². The van der Waals surface area contributed by atoms with E-state index in [0.29, 0.717) is 30.8 Å². The standard InChI is InChI=1S/C15H21N3O3/c1-11-8-12(2)14(9-13(11)18(19)20)21-7-5-6-15(3,10-16)17-4/h8-9,17H,5-7H2,1-4H3. The van der Waals surface area contributed by atoms with Crippen molar-refractivity contribution in [1.29, 1.82) is 5.26 Å². The third kappa shape index (κ3) is 4.43. The summed E-state index contributed by atoms with van der Waals surface area (Å²) in [4.78, 5) is 10.5. The number of hydrogen-bond donors (Lipinski definition) is 1. The van der Waals surface area contributed by atoms with E-state index < -0.39 is 10.5 Å². The zero-order valence-corrected chi connectivity index (χ0v) is 12.9. The minimum atomic E-state index is -0.572. The molecule has 0 aromatic heterocycles. The largest absolute Gasteiger partial charge is 0.493 e. The Kier molecular flexibility index (Phi) is 5.68. The minimum absolute atomic E-state index is 0.0627. The molecule has 0 heterocycles. The monoisotopic (exact) mass is 291 g/mol. The van der Waals surface area contributed by atoms with Gasteiger partial charge in [0.1, 0.15) is 11.3 Å². The van der Waals surface area contributed by atoms with Gasteiger partial charge in [0, 0.05) is 5.56 Å². The van der Waals surface area contributed by atoms with Gasteiger partial charge in [0.2, 0.25) is 0 Å². The SMILES string of the molecule is CNC(C)(C#N)CCCOc1cc([N+](=O)[O-])c(C)cc1C. The Bertz CT molecular complexity index is 566. The Morgan fingerprint density at radius 2 is 2.10 bits per heavy atom. The van der Waals surface area contributed by atoms with Gasteiger partial charge in [0.15, 0.2) is 0 Å². The molecule has 0 spiro atoms. The molecule has 0 bridgehead atoms. The first-order valence-corrected chi connectivity index (χ1v) is 6.81. The quantitative estimate of drug-likeness (QED) is 0.474. The summed E-state index contributed by atoms with van der Waals surface area (Å²) in [5.41, 5.74) is 0.983. The van der Waals surface area contributed by atoms with Crippen LogP contribution >= 0.6 is 0 Å². The smallest absolute Gasteiger partial charge is 0.276 e. The van der Waals surface area contributed by atoms with Gasteiger partial charge in [-0.15, -0.1) is 0 Å². The zero-order valence-electron chi connectivity index (χ0n) is 12.9. The molecule has 0 amide bonds. The van der Waals surface area contributed by atoms with Crippen LogP contribution in [0.15, 0.2) is 12.1 Å². The lowest BCUT2D eigenvalue weighted by Crippen LogP contribution is -2.38. The molecular formula is C15H21N3O3. The van der Waals surface area contributed by atoms with E-state index in [1.165, 1.54) is 6.07 Å². The fraction of sp³-hybridized carbons (Fsp3) is 0.533. The van der Waals surface area contributed by atoms with Crippen LogP contribution in [-0.4, -0.2) is 24.1 Å². The van der Waals surface area contributed by atoms with Crippen LogP contribution in [0.3, 0.4) is 0 Å². The first-order chi connectivity index (χ1) is 9.83. The maximum Gasteiger partial charge on any atom is 0.276 e. The van der Waals surface area contributed by atoms with Gasteiger partial charge in [-0.05, 0) is 52.3 Å². The van der Waals surface area contributed by atoms with Crippen LogP contribution in [-0.2, 0) is 0 Å². The lowest BCUT2D eigenvalue weighted by atomic mass is 9.98. The second kappa shape index (κ2) is 7.04. The molecule has 6 heteroatoms. The highest BCUT2D eigenvalue weighted by Crippen LogP contribution is 2.28. The summed E-state index contributed by atoms with van der Waals surface area (Å²) in [6.07, 6.45) is 1.33. The van der Waals surface area contributed by atoms with E-state index in [9.17, 15) is 10.1 Å². The number of benzene rings is 1. The third-order valence-corrected chi connectivity index (χ3v) is 3.57. The van der Waals surface area contributed by atoms with Crippen molar-refractivity contribution in [2.75, 3.05) is 13.7 Å². The van der Waals surface area contributed by atoms with Gasteiger partial charge in [-0.3, -0.25) is 10.1 Å². The molecule has 1 atom stereocenters. The molecule has 1 aromatic rings. The van der Waals surface area contributed by atoms with Crippen molar-refractivity contribution in [3.05, 3.63) is 33.4 Å². The van der Waals surface area contributed by atoms with Crippen LogP contribution in [0.1, 0.15) is 30.9 Å². The number of ether oxygens (including phenoxy) is 1. The molecule has 114 valence electrons. The van der Waals surface area contributed by atoms with E-state index in [1.807, 2.05) is 13.8 Å². The molecule has 0 fully saturated rings. The van der Waals surface area contributed by atoms with Crippen molar-refractivity contribution in [1.82, 2.24) is 5.32 Å². The van der Waals surface area contributed by atoms with E-state index in [2.05, 4.69) is 11.4 Å². The maximum atomic E-state index is 10.9. The van der Waals surface area contributed by atoms with Crippen molar-refractivity contribution in [2.24, 2.45) is 0 Å². The van der Waals surface area contributed by atoms with E-state index in [-0.39, 0.29) is 5.69 Å². The molecule has 1 aromatic carbocycles. The number of nitriles is 1. The number of hydrogen-bond acceptors (Lipinski definition) is 5. The van der Waals surface area contributed by atoms with Crippen molar-refractivity contribution < 1.29 is 9.66 Å².